The van der Waals surface area contributed by atoms with Crippen LogP contribution in [0.25, 0.3) is 0 Å². The number of hydrogen-bond acceptors (Lipinski definition) is 2. The van der Waals surface area contributed by atoms with Gasteiger partial charge in [-0.15, -0.1) is 0 Å². The van der Waals surface area contributed by atoms with Crippen LogP contribution >= 0.6 is 0 Å². The van der Waals surface area contributed by atoms with Crippen LogP contribution in [-0.2, 0) is 12.0 Å². The molecule has 0 atom stereocenters. The SMILES string of the molecule is CC(C)NCc1ncc(C(C)(C)C)[nH]1. The Balaban J connectivity index is 2.60. The second-order valence-electron chi connectivity index (χ2n) is 5.03. The van der Waals surface area contributed by atoms with Gasteiger partial charge in [-0.1, -0.05) is 34.6 Å². The zero-order valence-electron chi connectivity index (χ0n) is 9.81. The average molecular weight is 195 g/mol. The molecular formula is C11H21N3. The molecule has 2 N–H and O–H groups in total. The second kappa shape index (κ2) is 4.13. The quantitative estimate of drug-likeness (QED) is 0.776. The summed E-state index contributed by atoms with van der Waals surface area (Å²) >= 11 is 0. The number of imidazole rings is 1. The van der Waals surface area contributed by atoms with Crippen molar-refractivity contribution in [2.24, 2.45) is 0 Å². The smallest absolute Gasteiger partial charge is 0.120 e. The van der Waals surface area contributed by atoms with Gasteiger partial charge in [0.05, 0.1) is 6.54 Å². The van der Waals surface area contributed by atoms with Crippen molar-refractivity contribution in [2.45, 2.75) is 52.6 Å². The minimum atomic E-state index is 0.156. The maximum Gasteiger partial charge on any atom is 0.120 e. The van der Waals surface area contributed by atoms with Crippen LogP contribution in [0.1, 0.15) is 46.1 Å². The monoisotopic (exact) mass is 195 g/mol. The predicted molar refractivity (Wildman–Crippen MR) is 59.3 cm³/mol. The molecule has 1 aromatic rings. The molecule has 0 aliphatic carbocycles. The average Bonchev–Trinajstić information content (AvgIpc) is 2.47. The van der Waals surface area contributed by atoms with Crippen molar-refractivity contribution in [3.63, 3.8) is 0 Å². The number of aromatic nitrogens is 2. The van der Waals surface area contributed by atoms with Gasteiger partial charge in [0.1, 0.15) is 5.82 Å². The summed E-state index contributed by atoms with van der Waals surface area (Å²) in [5.41, 5.74) is 1.35. The summed E-state index contributed by atoms with van der Waals surface area (Å²) in [6.45, 7) is 11.6. The number of nitrogens with zero attached hydrogens (tertiary/aromatic N) is 1. The van der Waals surface area contributed by atoms with E-state index in [9.17, 15) is 0 Å². The molecule has 3 nitrogen and oxygen atoms in total. The highest BCUT2D eigenvalue weighted by atomic mass is 15.0. The van der Waals surface area contributed by atoms with Crippen molar-refractivity contribution in [2.75, 3.05) is 0 Å². The molecule has 0 aliphatic heterocycles. The summed E-state index contributed by atoms with van der Waals surface area (Å²) in [5.74, 6) is 1.02. The van der Waals surface area contributed by atoms with Crippen molar-refractivity contribution < 1.29 is 0 Å². The number of aromatic amines is 1. The van der Waals surface area contributed by atoms with Crippen LogP contribution in [0.3, 0.4) is 0 Å². The van der Waals surface area contributed by atoms with Crippen molar-refractivity contribution in [1.82, 2.24) is 15.3 Å². The number of rotatable bonds is 3. The minimum Gasteiger partial charge on any atom is -0.344 e. The maximum atomic E-state index is 4.34. The normalized spacial score (nSPS) is 12.4. The van der Waals surface area contributed by atoms with E-state index in [-0.39, 0.29) is 5.41 Å². The van der Waals surface area contributed by atoms with Crippen LogP contribution in [0.15, 0.2) is 6.20 Å². The second-order valence-corrected chi connectivity index (χ2v) is 5.03. The summed E-state index contributed by atoms with van der Waals surface area (Å²) in [6.07, 6.45) is 1.93. The summed E-state index contributed by atoms with van der Waals surface area (Å²) in [6, 6.07) is 0.498. The van der Waals surface area contributed by atoms with Gasteiger partial charge in [0, 0.05) is 23.3 Å². The van der Waals surface area contributed by atoms with Gasteiger partial charge in [0.2, 0.25) is 0 Å². The first-order chi connectivity index (χ1) is 6.39. The highest BCUT2D eigenvalue weighted by molar-refractivity contribution is 5.11. The third-order valence-corrected chi connectivity index (χ3v) is 2.11. The third kappa shape index (κ3) is 3.14. The van der Waals surface area contributed by atoms with Crippen LogP contribution < -0.4 is 5.32 Å². The highest BCUT2D eigenvalue weighted by Crippen LogP contribution is 2.19. The van der Waals surface area contributed by atoms with E-state index in [1.54, 1.807) is 0 Å². The van der Waals surface area contributed by atoms with Gasteiger partial charge in [-0.3, -0.25) is 0 Å². The van der Waals surface area contributed by atoms with Crippen LogP contribution in [0, 0.1) is 0 Å². The molecular weight excluding hydrogens is 174 g/mol. The highest BCUT2D eigenvalue weighted by Gasteiger charge is 2.16. The fourth-order valence-corrected chi connectivity index (χ4v) is 1.13. The first-order valence-electron chi connectivity index (χ1n) is 5.17. The molecule has 0 saturated carbocycles. The lowest BCUT2D eigenvalue weighted by Crippen LogP contribution is -2.22. The molecule has 0 fully saturated rings. The van der Waals surface area contributed by atoms with Gasteiger partial charge in [-0.25, -0.2) is 4.98 Å². The summed E-state index contributed by atoms with van der Waals surface area (Å²) in [7, 11) is 0. The van der Waals surface area contributed by atoms with E-state index >= 15 is 0 Å². The van der Waals surface area contributed by atoms with E-state index in [4.69, 9.17) is 0 Å². The number of nitrogens with one attached hydrogen (secondary N) is 2. The molecule has 0 saturated heterocycles. The molecule has 0 bridgehead atoms. The van der Waals surface area contributed by atoms with Crippen LogP contribution in [0.5, 0.6) is 0 Å². The molecule has 14 heavy (non-hydrogen) atoms. The minimum absolute atomic E-state index is 0.156. The number of H-pyrrole nitrogens is 1. The molecule has 0 unspecified atom stereocenters. The van der Waals surface area contributed by atoms with Crippen molar-refractivity contribution >= 4 is 0 Å². The first-order valence-corrected chi connectivity index (χ1v) is 5.17. The predicted octanol–water partition coefficient (Wildman–Crippen LogP) is 2.21. The van der Waals surface area contributed by atoms with Crippen LogP contribution in [-0.4, -0.2) is 16.0 Å². The molecule has 0 amide bonds. The molecule has 0 radical (unpaired) electrons. The van der Waals surface area contributed by atoms with Gasteiger partial charge in [0.25, 0.3) is 0 Å². The molecule has 0 aliphatic rings. The van der Waals surface area contributed by atoms with E-state index < -0.39 is 0 Å². The maximum absolute atomic E-state index is 4.34. The fraction of sp³-hybridized carbons (Fsp3) is 0.727. The molecule has 80 valence electrons. The Bertz CT molecular complexity index is 281. The summed E-state index contributed by atoms with van der Waals surface area (Å²) in [4.78, 5) is 7.67. The van der Waals surface area contributed by atoms with Gasteiger partial charge >= 0.3 is 0 Å². The largest absolute Gasteiger partial charge is 0.344 e. The van der Waals surface area contributed by atoms with E-state index in [1.807, 2.05) is 6.20 Å². The van der Waals surface area contributed by atoms with E-state index in [0.29, 0.717) is 6.04 Å². The van der Waals surface area contributed by atoms with Crippen molar-refractivity contribution in [3.8, 4) is 0 Å². The number of hydrogen-bond donors (Lipinski definition) is 2. The van der Waals surface area contributed by atoms with E-state index in [0.717, 1.165) is 12.4 Å². The first kappa shape index (κ1) is 11.2. The Morgan fingerprint density at radius 1 is 1.43 bits per heavy atom. The van der Waals surface area contributed by atoms with Crippen LogP contribution in [0.2, 0.25) is 0 Å². The Labute approximate surface area is 86.3 Å². The van der Waals surface area contributed by atoms with Crippen LogP contribution in [0.4, 0.5) is 0 Å². The molecule has 1 aromatic heterocycles. The standard InChI is InChI=1S/C11H21N3/c1-8(2)12-7-10-13-6-9(14-10)11(3,4)5/h6,8,12H,7H2,1-5H3,(H,13,14). The van der Waals surface area contributed by atoms with Gasteiger partial charge in [0.15, 0.2) is 0 Å². The molecule has 1 rings (SSSR count). The molecule has 1 heterocycles. The van der Waals surface area contributed by atoms with Gasteiger partial charge in [-0.05, 0) is 0 Å². The lowest BCUT2D eigenvalue weighted by molar-refractivity contribution is 0.557. The fourth-order valence-electron chi connectivity index (χ4n) is 1.13. The van der Waals surface area contributed by atoms with E-state index in [2.05, 4.69) is 49.9 Å². The topological polar surface area (TPSA) is 40.7 Å². The summed E-state index contributed by atoms with van der Waals surface area (Å²) in [5, 5.41) is 3.33. The lowest BCUT2D eigenvalue weighted by Gasteiger charge is -2.15. The lowest BCUT2D eigenvalue weighted by atomic mass is 9.93. The van der Waals surface area contributed by atoms with Gasteiger partial charge in [-0.2, -0.15) is 0 Å². The molecule has 0 spiro atoms. The molecule has 0 aromatic carbocycles. The Hall–Kier alpha value is -0.830. The van der Waals surface area contributed by atoms with Gasteiger partial charge < -0.3 is 10.3 Å². The zero-order chi connectivity index (χ0) is 10.8. The van der Waals surface area contributed by atoms with E-state index in [1.165, 1.54) is 5.69 Å². The Kier molecular flexibility index (Phi) is 3.32. The Morgan fingerprint density at radius 2 is 2.07 bits per heavy atom. The zero-order valence-corrected chi connectivity index (χ0v) is 9.81. The summed E-state index contributed by atoms with van der Waals surface area (Å²) < 4.78 is 0. The van der Waals surface area contributed by atoms with Crippen molar-refractivity contribution in [1.29, 1.82) is 0 Å². The Morgan fingerprint density at radius 3 is 2.50 bits per heavy atom. The third-order valence-electron chi connectivity index (χ3n) is 2.11. The van der Waals surface area contributed by atoms with Crippen molar-refractivity contribution in [3.05, 3.63) is 17.7 Å². The molecule has 3 heteroatoms.